The maximum absolute atomic E-state index is 12.0. The number of benzene rings is 1. The molecule has 1 aliphatic rings. The van der Waals surface area contributed by atoms with E-state index in [0.29, 0.717) is 6.42 Å². The van der Waals surface area contributed by atoms with E-state index in [1.807, 2.05) is 30.3 Å². The topological polar surface area (TPSA) is 50.2 Å². The van der Waals surface area contributed by atoms with E-state index in [1.54, 1.807) is 6.20 Å². The van der Waals surface area contributed by atoms with E-state index in [9.17, 15) is 9.90 Å². The van der Waals surface area contributed by atoms with Gasteiger partial charge >= 0.3 is 0 Å². The van der Waals surface area contributed by atoms with Crippen LogP contribution in [-0.2, 0) is 11.2 Å². The SMILES string of the molecule is O=C(Cc1ccnc2ccccc12)C(O)C1CC1. The Balaban J connectivity index is 1.87. The van der Waals surface area contributed by atoms with Crippen LogP contribution in [0, 0.1) is 5.92 Å². The third-order valence-electron chi connectivity index (χ3n) is 3.50. The van der Waals surface area contributed by atoms with Crippen molar-refractivity contribution in [3.05, 3.63) is 42.1 Å². The van der Waals surface area contributed by atoms with Gasteiger partial charge in [0, 0.05) is 18.0 Å². The Bertz CT molecular complexity index is 585. The summed E-state index contributed by atoms with van der Waals surface area (Å²) in [6, 6.07) is 9.63. The van der Waals surface area contributed by atoms with Crippen molar-refractivity contribution in [2.75, 3.05) is 0 Å². The summed E-state index contributed by atoms with van der Waals surface area (Å²) in [7, 11) is 0. The second-order valence-electron chi connectivity index (χ2n) is 4.91. The molecule has 1 saturated carbocycles. The minimum Gasteiger partial charge on any atom is -0.385 e. The van der Waals surface area contributed by atoms with Gasteiger partial charge in [0.05, 0.1) is 5.52 Å². The number of hydrogen-bond donors (Lipinski definition) is 1. The van der Waals surface area contributed by atoms with Crippen molar-refractivity contribution < 1.29 is 9.90 Å². The molecular weight excluding hydrogens is 226 g/mol. The second-order valence-corrected chi connectivity index (χ2v) is 4.91. The average molecular weight is 241 g/mol. The van der Waals surface area contributed by atoms with Crippen LogP contribution in [0.4, 0.5) is 0 Å². The van der Waals surface area contributed by atoms with Crippen LogP contribution in [0.15, 0.2) is 36.5 Å². The molecule has 1 atom stereocenters. The van der Waals surface area contributed by atoms with Gasteiger partial charge in [-0.05, 0) is 36.5 Å². The van der Waals surface area contributed by atoms with Crippen molar-refractivity contribution >= 4 is 16.7 Å². The first-order valence-electron chi connectivity index (χ1n) is 6.29. The first-order chi connectivity index (χ1) is 8.75. The number of ketones is 1. The van der Waals surface area contributed by atoms with Crippen LogP contribution in [0.3, 0.4) is 0 Å². The quantitative estimate of drug-likeness (QED) is 0.892. The minimum absolute atomic E-state index is 0.0751. The van der Waals surface area contributed by atoms with Gasteiger partial charge in [-0.1, -0.05) is 18.2 Å². The highest BCUT2D eigenvalue weighted by atomic mass is 16.3. The Morgan fingerprint density at radius 3 is 2.89 bits per heavy atom. The third kappa shape index (κ3) is 2.14. The molecular formula is C15H15NO2. The molecule has 2 aromatic rings. The average Bonchev–Trinajstić information content (AvgIpc) is 3.22. The van der Waals surface area contributed by atoms with Crippen LogP contribution in [0.25, 0.3) is 10.9 Å². The standard InChI is InChI=1S/C15H15NO2/c17-14(15(18)10-5-6-10)9-11-7-8-16-13-4-2-1-3-12(11)13/h1-4,7-8,10,15,18H,5-6,9H2. The molecule has 0 aliphatic heterocycles. The Morgan fingerprint density at radius 1 is 1.33 bits per heavy atom. The van der Waals surface area contributed by atoms with Crippen LogP contribution >= 0.6 is 0 Å². The molecule has 1 unspecified atom stereocenters. The van der Waals surface area contributed by atoms with Crippen molar-refractivity contribution in [2.24, 2.45) is 5.92 Å². The van der Waals surface area contributed by atoms with E-state index in [0.717, 1.165) is 29.3 Å². The number of para-hydroxylation sites is 1. The number of aliphatic hydroxyl groups is 1. The van der Waals surface area contributed by atoms with Crippen molar-refractivity contribution in [1.82, 2.24) is 4.98 Å². The molecule has 1 aliphatic carbocycles. The van der Waals surface area contributed by atoms with Gasteiger partial charge in [0.25, 0.3) is 0 Å². The predicted molar refractivity (Wildman–Crippen MR) is 69.2 cm³/mol. The summed E-state index contributed by atoms with van der Waals surface area (Å²) in [6.45, 7) is 0. The molecule has 3 rings (SSSR count). The van der Waals surface area contributed by atoms with Crippen molar-refractivity contribution in [3.8, 4) is 0 Å². The number of nitrogens with zero attached hydrogens (tertiary/aromatic N) is 1. The highest BCUT2D eigenvalue weighted by Crippen LogP contribution is 2.33. The zero-order valence-electron chi connectivity index (χ0n) is 10.0. The van der Waals surface area contributed by atoms with Crippen LogP contribution in [0.5, 0.6) is 0 Å². The van der Waals surface area contributed by atoms with Gasteiger partial charge in [0.15, 0.2) is 5.78 Å². The highest BCUT2D eigenvalue weighted by Gasteiger charge is 2.34. The fraction of sp³-hybridized carbons (Fsp3) is 0.333. The molecule has 1 aromatic carbocycles. The van der Waals surface area contributed by atoms with E-state index in [4.69, 9.17) is 0 Å². The van der Waals surface area contributed by atoms with E-state index in [-0.39, 0.29) is 11.7 Å². The lowest BCUT2D eigenvalue weighted by molar-refractivity contribution is -0.127. The zero-order valence-corrected chi connectivity index (χ0v) is 10.0. The lowest BCUT2D eigenvalue weighted by atomic mass is 10.00. The Morgan fingerprint density at radius 2 is 2.11 bits per heavy atom. The molecule has 1 fully saturated rings. The van der Waals surface area contributed by atoms with Crippen molar-refractivity contribution in [2.45, 2.75) is 25.4 Å². The third-order valence-corrected chi connectivity index (χ3v) is 3.50. The lowest BCUT2D eigenvalue weighted by Gasteiger charge is -2.09. The second kappa shape index (κ2) is 4.50. The van der Waals surface area contributed by atoms with Crippen LogP contribution < -0.4 is 0 Å². The van der Waals surface area contributed by atoms with Crippen molar-refractivity contribution in [3.63, 3.8) is 0 Å². The summed E-state index contributed by atoms with van der Waals surface area (Å²) in [4.78, 5) is 16.2. The molecule has 92 valence electrons. The van der Waals surface area contributed by atoms with Gasteiger partial charge in [-0.3, -0.25) is 9.78 Å². The summed E-state index contributed by atoms with van der Waals surface area (Å²) in [5.41, 5.74) is 1.84. The predicted octanol–water partition coefficient (Wildman–Crippen LogP) is 2.12. The number of Topliss-reactive ketones (excluding diaryl/α,β-unsaturated/α-hetero) is 1. The highest BCUT2D eigenvalue weighted by molar-refractivity contribution is 5.91. The molecule has 18 heavy (non-hydrogen) atoms. The van der Waals surface area contributed by atoms with Crippen LogP contribution in [0.2, 0.25) is 0 Å². The summed E-state index contributed by atoms with van der Waals surface area (Å²) in [5.74, 6) is 0.124. The number of hydrogen-bond acceptors (Lipinski definition) is 3. The number of pyridine rings is 1. The summed E-state index contributed by atoms with van der Waals surface area (Å²) in [6.07, 6.45) is 3.18. The number of fused-ring (bicyclic) bond motifs is 1. The van der Waals surface area contributed by atoms with E-state index in [2.05, 4.69) is 4.98 Å². The van der Waals surface area contributed by atoms with Gasteiger partial charge in [0.1, 0.15) is 6.10 Å². The van der Waals surface area contributed by atoms with Crippen LogP contribution in [-0.4, -0.2) is 22.0 Å². The number of carbonyl (C=O) groups is 1. The first-order valence-corrected chi connectivity index (χ1v) is 6.29. The number of aromatic nitrogens is 1. The van der Waals surface area contributed by atoms with E-state index in [1.165, 1.54) is 0 Å². The maximum atomic E-state index is 12.0. The molecule has 3 heteroatoms. The zero-order chi connectivity index (χ0) is 12.5. The largest absolute Gasteiger partial charge is 0.385 e. The molecule has 0 amide bonds. The van der Waals surface area contributed by atoms with Crippen molar-refractivity contribution in [1.29, 1.82) is 0 Å². The van der Waals surface area contributed by atoms with Gasteiger partial charge in [-0.2, -0.15) is 0 Å². The Hall–Kier alpha value is -1.74. The molecule has 0 spiro atoms. The van der Waals surface area contributed by atoms with E-state index < -0.39 is 6.10 Å². The monoisotopic (exact) mass is 241 g/mol. The fourth-order valence-electron chi connectivity index (χ4n) is 2.28. The molecule has 0 saturated heterocycles. The van der Waals surface area contributed by atoms with E-state index >= 15 is 0 Å². The van der Waals surface area contributed by atoms with Gasteiger partial charge in [-0.15, -0.1) is 0 Å². The molecule has 0 bridgehead atoms. The molecule has 0 radical (unpaired) electrons. The minimum atomic E-state index is -0.781. The summed E-state index contributed by atoms with van der Waals surface area (Å²) < 4.78 is 0. The maximum Gasteiger partial charge on any atom is 0.165 e. The summed E-state index contributed by atoms with van der Waals surface area (Å²) in [5, 5.41) is 10.8. The number of rotatable bonds is 4. The first kappa shape index (κ1) is 11.4. The molecule has 3 nitrogen and oxygen atoms in total. The molecule has 1 N–H and O–H groups in total. The number of carbonyl (C=O) groups excluding carboxylic acids is 1. The lowest BCUT2D eigenvalue weighted by Crippen LogP contribution is -2.24. The molecule has 1 heterocycles. The van der Waals surface area contributed by atoms with Gasteiger partial charge in [0.2, 0.25) is 0 Å². The van der Waals surface area contributed by atoms with Crippen LogP contribution in [0.1, 0.15) is 18.4 Å². The Labute approximate surface area is 105 Å². The molecule has 1 aromatic heterocycles. The Kier molecular flexibility index (Phi) is 2.84. The smallest absolute Gasteiger partial charge is 0.165 e. The normalized spacial score (nSPS) is 16.7. The number of aliphatic hydroxyl groups excluding tert-OH is 1. The fourth-order valence-corrected chi connectivity index (χ4v) is 2.28. The van der Waals surface area contributed by atoms with Gasteiger partial charge in [-0.25, -0.2) is 0 Å². The van der Waals surface area contributed by atoms with Gasteiger partial charge < -0.3 is 5.11 Å². The summed E-state index contributed by atoms with van der Waals surface area (Å²) >= 11 is 0.